The maximum absolute atomic E-state index is 6.58. The van der Waals surface area contributed by atoms with E-state index in [0.29, 0.717) is 29.5 Å². The van der Waals surface area contributed by atoms with E-state index in [2.05, 4.69) is 47.8 Å². The van der Waals surface area contributed by atoms with E-state index in [1.807, 2.05) is 20.8 Å². The van der Waals surface area contributed by atoms with Crippen molar-refractivity contribution in [1.82, 2.24) is 0 Å². The topological polar surface area (TPSA) is 55.4 Å². The van der Waals surface area contributed by atoms with Crippen molar-refractivity contribution in [2.75, 3.05) is 0 Å². The number of benzene rings is 1. The van der Waals surface area contributed by atoms with Crippen molar-refractivity contribution in [1.29, 1.82) is 0 Å². The van der Waals surface area contributed by atoms with Gasteiger partial charge in [0.2, 0.25) is 0 Å². The molecule has 0 saturated carbocycles. The zero-order valence-electron chi connectivity index (χ0n) is 17.8. The van der Waals surface area contributed by atoms with Crippen LogP contribution < -0.4 is 4.74 Å². The summed E-state index contributed by atoms with van der Waals surface area (Å²) in [5, 5.41) is -1.76. The lowest BCUT2D eigenvalue weighted by molar-refractivity contribution is -0.361. The first-order chi connectivity index (χ1) is 14.9. The summed E-state index contributed by atoms with van der Waals surface area (Å²) in [5.74, 6) is 0.395. The lowest BCUT2D eigenvalue weighted by Crippen LogP contribution is -2.55. The number of hydrogen-bond acceptors (Lipinski definition) is 6. The summed E-state index contributed by atoms with van der Waals surface area (Å²) in [6, 6.07) is 3.48. The van der Waals surface area contributed by atoms with Gasteiger partial charge >= 0.3 is 14.3 Å². The number of ether oxygens (including phenoxy) is 1. The molecule has 1 aromatic carbocycles. The Bertz CT molecular complexity index is 694. The second-order valence-corrected chi connectivity index (χ2v) is 12.6. The van der Waals surface area contributed by atoms with E-state index in [9.17, 15) is 0 Å². The summed E-state index contributed by atoms with van der Waals surface area (Å²) < 4.78 is 31.0. The predicted octanol–water partition coefficient (Wildman–Crippen LogP) is 9.01. The Morgan fingerprint density at radius 1 is 0.844 bits per heavy atom. The van der Waals surface area contributed by atoms with Crippen molar-refractivity contribution in [3.8, 4) is 5.75 Å². The lowest BCUT2D eigenvalue weighted by atomic mass is 10.3. The fourth-order valence-electron chi connectivity index (χ4n) is 1.87. The van der Waals surface area contributed by atoms with E-state index in [1.54, 1.807) is 19.1 Å². The van der Waals surface area contributed by atoms with E-state index in [0.717, 1.165) is 8.95 Å². The highest BCUT2D eigenvalue weighted by Crippen LogP contribution is 2.41. The van der Waals surface area contributed by atoms with E-state index in [1.165, 1.54) is 0 Å². The lowest BCUT2D eigenvalue weighted by Gasteiger charge is -2.34. The molecule has 186 valence electrons. The Kier molecular flexibility index (Phi) is 14.9. The van der Waals surface area contributed by atoms with Gasteiger partial charge in [-0.25, -0.2) is 0 Å². The third kappa shape index (κ3) is 9.95. The van der Waals surface area contributed by atoms with Crippen molar-refractivity contribution in [3.63, 3.8) is 0 Å². The fourth-order valence-corrected chi connectivity index (χ4v) is 6.34. The van der Waals surface area contributed by atoms with Crippen LogP contribution in [0.5, 0.6) is 5.75 Å². The number of halogens is 7. The molecule has 1 aromatic rings. The van der Waals surface area contributed by atoms with E-state index < -0.39 is 31.0 Å². The van der Waals surface area contributed by atoms with Crippen molar-refractivity contribution in [3.05, 3.63) is 25.6 Å². The van der Waals surface area contributed by atoms with Crippen LogP contribution in [0, 0.1) is 0 Å². The van der Waals surface area contributed by atoms with Gasteiger partial charge in [-0.3, -0.25) is 0 Å². The van der Waals surface area contributed by atoms with Crippen LogP contribution >= 0.6 is 94.2 Å². The highest BCUT2D eigenvalue weighted by atomic mass is 79.9. The Balaban J connectivity index is 3.20. The summed E-state index contributed by atoms with van der Waals surface area (Å²) in [6.07, 6.45) is 1.47. The minimum absolute atomic E-state index is 0.174. The molecule has 1 rings (SSSR count). The average molecular weight is 747 g/mol. The van der Waals surface area contributed by atoms with Gasteiger partial charge in [0.25, 0.3) is 0 Å². The third-order valence-corrected chi connectivity index (χ3v) is 11.1. The molecule has 0 aromatic heterocycles. The summed E-state index contributed by atoms with van der Waals surface area (Å²) in [6.45, 7) is 7.19. The molecule has 4 atom stereocenters. The largest absolute Gasteiger partial charge is 0.711 e. The van der Waals surface area contributed by atoms with Crippen molar-refractivity contribution < 1.29 is 27.5 Å². The molecule has 0 bridgehead atoms. The summed E-state index contributed by atoms with van der Waals surface area (Å²) in [4.78, 5) is 5.52. The summed E-state index contributed by atoms with van der Waals surface area (Å²) in [5.41, 5.74) is -2.43. The highest BCUT2D eigenvalue weighted by molar-refractivity contribution is 9.14. The molecule has 0 aliphatic carbocycles. The molecular formula is C18H25Br3Cl4O6Si. The van der Waals surface area contributed by atoms with Gasteiger partial charge in [-0.05, 0) is 90.8 Å². The van der Waals surface area contributed by atoms with E-state index in [-0.39, 0.29) is 6.42 Å². The Hall–Kier alpha value is 1.64. The standard InChI is InChI=1S/C18H25Br3Cl4O6Si/c1-5-13(22)27-32(28-14(23)6-2,29-15(24)7-3)31-30-18(25,8-4)26-12-10-9-11(19)16(20)17(12)21/h9-10,13-15H,5-8H2,1-4H3. The van der Waals surface area contributed by atoms with Gasteiger partial charge in [0, 0.05) is 15.4 Å². The minimum Gasteiger partial charge on any atom is -0.445 e. The Labute approximate surface area is 235 Å². The molecule has 0 N–H and O–H groups in total. The maximum Gasteiger partial charge on any atom is 0.711 e. The van der Waals surface area contributed by atoms with Gasteiger partial charge < -0.3 is 18.0 Å². The molecule has 0 heterocycles. The summed E-state index contributed by atoms with van der Waals surface area (Å²) >= 11 is 35.6. The molecule has 14 heteroatoms. The van der Waals surface area contributed by atoms with E-state index >= 15 is 0 Å². The molecule has 6 nitrogen and oxygen atoms in total. The fraction of sp³-hybridized carbons (Fsp3) is 0.667. The number of alkyl halides is 4. The van der Waals surface area contributed by atoms with Crippen LogP contribution in [0.1, 0.15) is 53.4 Å². The predicted molar refractivity (Wildman–Crippen MR) is 140 cm³/mol. The van der Waals surface area contributed by atoms with Crippen LogP contribution in [0.15, 0.2) is 25.6 Å². The number of rotatable bonds is 15. The van der Waals surface area contributed by atoms with Gasteiger partial charge in [0.05, 0.1) is 4.47 Å². The van der Waals surface area contributed by atoms with E-state index in [4.69, 9.17) is 73.9 Å². The van der Waals surface area contributed by atoms with Gasteiger partial charge in [-0.2, -0.15) is 9.46 Å². The van der Waals surface area contributed by atoms with Crippen molar-refractivity contribution in [2.45, 2.75) is 75.3 Å². The van der Waals surface area contributed by atoms with Gasteiger partial charge in [-0.1, -0.05) is 62.5 Å². The first kappa shape index (κ1) is 31.7. The molecule has 0 spiro atoms. The monoisotopic (exact) mass is 742 g/mol. The molecule has 0 radical (unpaired) electrons. The van der Waals surface area contributed by atoms with Crippen molar-refractivity contribution >= 4 is 103 Å². The molecule has 32 heavy (non-hydrogen) atoms. The summed E-state index contributed by atoms with van der Waals surface area (Å²) in [7, 11) is -4.14. The zero-order valence-corrected chi connectivity index (χ0v) is 26.6. The third-order valence-electron chi connectivity index (χ3n) is 3.73. The first-order valence-corrected chi connectivity index (χ1v) is 15.5. The van der Waals surface area contributed by atoms with Crippen LogP contribution in [0.3, 0.4) is 0 Å². The van der Waals surface area contributed by atoms with Crippen LogP contribution in [0.2, 0.25) is 0 Å². The Morgan fingerprint density at radius 2 is 1.31 bits per heavy atom. The molecule has 0 aliphatic rings. The van der Waals surface area contributed by atoms with Gasteiger partial charge in [0.1, 0.15) is 22.4 Å². The van der Waals surface area contributed by atoms with Crippen molar-refractivity contribution in [2.24, 2.45) is 0 Å². The molecule has 0 aliphatic heterocycles. The number of hydrogen-bond donors (Lipinski definition) is 0. The minimum atomic E-state index is -4.14. The normalized spacial score (nSPS) is 18.5. The molecule has 4 unspecified atom stereocenters. The first-order valence-electron chi connectivity index (χ1n) is 9.78. The zero-order chi connectivity index (χ0) is 24.5. The second-order valence-electron chi connectivity index (χ2n) is 6.26. The molecule has 0 fully saturated rings. The average Bonchev–Trinajstić information content (AvgIpc) is 2.77. The highest BCUT2D eigenvalue weighted by Gasteiger charge is 2.54. The maximum atomic E-state index is 6.58. The smallest absolute Gasteiger partial charge is 0.445 e. The molecule has 0 saturated heterocycles. The van der Waals surface area contributed by atoms with Crippen LogP contribution in [0.4, 0.5) is 0 Å². The Morgan fingerprint density at radius 3 is 1.72 bits per heavy atom. The van der Waals surface area contributed by atoms with Crippen LogP contribution in [0.25, 0.3) is 0 Å². The second kappa shape index (κ2) is 15.0. The SMILES string of the molecule is CCC(Cl)O[Si](OOC(Cl)(CC)Oc1ccc(Br)c(Br)c1Br)(OC(Cl)CC)OC(Cl)CC. The van der Waals surface area contributed by atoms with Crippen LogP contribution in [-0.4, -0.2) is 31.0 Å². The molecule has 0 amide bonds. The van der Waals surface area contributed by atoms with Crippen LogP contribution in [-0.2, 0) is 22.7 Å². The quantitative estimate of drug-likeness (QED) is 0.0446. The van der Waals surface area contributed by atoms with Gasteiger partial charge in [0.15, 0.2) is 0 Å². The van der Waals surface area contributed by atoms with Gasteiger partial charge in [-0.15, -0.1) is 0 Å². The molecular weight excluding hydrogens is 722 g/mol.